The molecule has 19 heavy (non-hydrogen) atoms. The predicted molar refractivity (Wildman–Crippen MR) is 79.5 cm³/mol. The lowest BCUT2D eigenvalue weighted by atomic mass is 9.82. The molecule has 1 N–H and O–H groups in total. The number of hydrogen-bond acceptors (Lipinski definition) is 2. The van der Waals surface area contributed by atoms with E-state index >= 15 is 0 Å². The van der Waals surface area contributed by atoms with Gasteiger partial charge < -0.3 is 10.2 Å². The van der Waals surface area contributed by atoms with Crippen LogP contribution < -0.4 is 5.32 Å². The Morgan fingerprint density at radius 1 is 1.00 bits per heavy atom. The van der Waals surface area contributed by atoms with Crippen LogP contribution in [0.2, 0.25) is 0 Å². The van der Waals surface area contributed by atoms with Crippen molar-refractivity contribution in [3.8, 4) is 0 Å². The van der Waals surface area contributed by atoms with Crippen molar-refractivity contribution in [2.24, 2.45) is 11.8 Å². The van der Waals surface area contributed by atoms with E-state index < -0.39 is 0 Å². The van der Waals surface area contributed by atoms with Crippen LogP contribution in [0, 0.1) is 11.8 Å². The number of rotatable bonds is 5. The largest absolute Gasteiger partial charge is 0.343 e. The van der Waals surface area contributed by atoms with Crippen LogP contribution in [0.25, 0.3) is 0 Å². The monoisotopic (exact) mass is 286 g/mol. The maximum absolute atomic E-state index is 12.1. The maximum atomic E-state index is 12.1. The molecule has 0 aromatic heterocycles. The van der Waals surface area contributed by atoms with Crippen molar-refractivity contribution in [1.29, 1.82) is 0 Å². The smallest absolute Gasteiger partial charge is 0.222 e. The molecule has 4 heteroatoms. The molecule has 0 atom stereocenters. The zero-order valence-corrected chi connectivity index (χ0v) is 12.6. The topological polar surface area (TPSA) is 32.3 Å². The van der Waals surface area contributed by atoms with Crippen LogP contribution in [0.5, 0.6) is 0 Å². The second-order valence-electron chi connectivity index (χ2n) is 6.51. The van der Waals surface area contributed by atoms with Crippen molar-refractivity contribution in [3.63, 3.8) is 0 Å². The highest BCUT2D eigenvalue weighted by Gasteiger charge is 2.28. The van der Waals surface area contributed by atoms with Gasteiger partial charge in [-0.2, -0.15) is 0 Å². The molecule has 3 fully saturated rings. The van der Waals surface area contributed by atoms with Crippen LogP contribution in [-0.4, -0.2) is 36.5 Å². The number of piperidine rings is 1. The average molecular weight is 287 g/mol. The van der Waals surface area contributed by atoms with Crippen LogP contribution >= 0.6 is 12.4 Å². The SMILES string of the molecule is Cl.O=C(CC1CCC1)N1CCC(NCC2CC2)CC1. The fraction of sp³-hybridized carbons (Fsp3) is 0.933. The first kappa shape index (κ1) is 15.1. The number of halogens is 1. The summed E-state index contributed by atoms with van der Waals surface area (Å²) in [6.45, 7) is 3.17. The van der Waals surface area contributed by atoms with Crippen molar-refractivity contribution in [2.45, 2.75) is 57.4 Å². The molecular weight excluding hydrogens is 260 g/mol. The first-order valence-corrected chi connectivity index (χ1v) is 7.82. The molecule has 0 aromatic rings. The van der Waals surface area contributed by atoms with E-state index in [1.165, 1.54) is 38.6 Å². The van der Waals surface area contributed by atoms with Gasteiger partial charge in [0.25, 0.3) is 0 Å². The Morgan fingerprint density at radius 2 is 1.68 bits per heavy atom. The van der Waals surface area contributed by atoms with E-state index in [4.69, 9.17) is 0 Å². The molecule has 110 valence electrons. The lowest BCUT2D eigenvalue weighted by Gasteiger charge is -2.34. The summed E-state index contributed by atoms with van der Waals surface area (Å²) in [5.41, 5.74) is 0. The summed E-state index contributed by atoms with van der Waals surface area (Å²) in [6.07, 6.45) is 9.88. The van der Waals surface area contributed by atoms with Crippen LogP contribution in [0.1, 0.15) is 51.4 Å². The molecule has 3 aliphatic rings. The number of carbonyl (C=O) groups excluding carboxylic acids is 1. The lowest BCUT2D eigenvalue weighted by molar-refractivity contribution is -0.133. The molecule has 3 rings (SSSR count). The number of carbonyl (C=O) groups is 1. The fourth-order valence-electron chi connectivity index (χ4n) is 3.06. The average Bonchev–Trinajstić information content (AvgIpc) is 3.16. The molecule has 0 bridgehead atoms. The summed E-state index contributed by atoms with van der Waals surface area (Å²) in [6, 6.07) is 0.665. The van der Waals surface area contributed by atoms with E-state index in [2.05, 4.69) is 10.2 Å². The van der Waals surface area contributed by atoms with Gasteiger partial charge in [-0.1, -0.05) is 6.42 Å². The third kappa shape index (κ3) is 4.35. The van der Waals surface area contributed by atoms with Crippen LogP contribution in [-0.2, 0) is 4.79 Å². The molecule has 0 aromatic carbocycles. The van der Waals surface area contributed by atoms with E-state index in [1.54, 1.807) is 0 Å². The van der Waals surface area contributed by atoms with Gasteiger partial charge in [-0.05, 0) is 56.9 Å². The second kappa shape index (κ2) is 6.94. The van der Waals surface area contributed by atoms with Gasteiger partial charge in [-0.15, -0.1) is 12.4 Å². The summed E-state index contributed by atoms with van der Waals surface area (Å²) in [5, 5.41) is 3.67. The third-order valence-corrected chi connectivity index (χ3v) is 4.93. The minimum atomic E-state index is 0. The minimum Gasteiger partial charge on any atom is -0.343 e. The van der Waals surface area contributed by atoms with E-state index in [-0.39, 0.29) is 12.4 Å². The van der Waals surface area contributed by atoms with Gasteiger partial charge in [0.2, 0.25) is 5.91 Å². The van der Waals surface area contributed by atoms with Crippen LogP contribution in [0.4, 0.5) is 0 Å². The molecule has 1 saturated heterocycles. The number of nitrogens with one attached hydrogen (secondary N) is 1. The zero-order valence-electron chi connectivity index (χ0n) is 11.8. The second-order valence-corrected chi connectivity index (χ2v) is 6.51. The quantitative estimate of drug-likeness (QED) is 0.842. The Hall–Kier alpha value is -0.280. The molecule has 0 spiro atoms. The molecule has 2 aliphatic carbocycles. The summed E-state index contributed by atoms with van der Waals surface area (Å²) in [4.78, 5) is 14.2. The molecule has 0 unspecified atom stereocenters. The molecule has 1 heterocycles. The van der Waals surface area contributed by atoms with Crippen molar-refractivity contribution in [1.82, 2.24) is 10.2 Å². The Kier molecular flexibility index (Phi) is 5.52. The van der Waals surface area contributed by atoms with Crippen molar-refractivity contribution < 1.29 is 4.79 Å². The maximum Gasteiger partial charge on any atom is 0.222 e. The summed E-state index contributed by atoms with van der Waals surface area (Å²) < 4.78 is 0. The molecule has 3 nitrogen and oxygen atoms in total. The molecule has 0 radical (unpaired) electrons. The van der Waals surface area contributed by atoms with Crippen LogP contribution in [0.3, 0.4) is 0 Å². The van der Waals surface area contributed by atoms with Gasteiger partial charge in [0.15, 0.2) is 0 Å². The number of nitrogens with zero attached hydrogens (tertiary/aromatic N) is 1. The molecule has 2 saturated carbocycles. The predicted octanol–water partition coefficient (Wildman–Crippen LogP) is 2.59. The zero-order chi connectivity index (χ0) is 12.4. The summed E-state index contributed by atoms with van der Waals surface area (Å²) in [5.74, 6) is 2.09. The summed E-state index contributed by atoms with van der Waals surface area (Å²) in [7, 11) is 0. The standard InChI is InChI=1S/C15H26N2O.ClH/c18-15(10-12-2-1-3-12)17-8-6-14(7-9-17)16-11-13-4-5-13;/h12-14,16H,1-11H2;1H. The first-order chi connectivity index (χ1) is 8.81. The van der Waals surface area contributed by atoms with Gasteiger partial charge >= 0.3 is 0 Å². The fourth-order valence-corrected chi connectivity index (χ4v) is 3.06. The lowest BCUT2D eigenvalue weighted by Crippen LogP contribution is -2.45. The third-order valence-electron chi connectivity index (χ3n) is 4.93. The van der Waals surface area contributed by atoms with E-state index in [0.717, 1.165) is 38.3 Å². The normalized spacial score (nSPS) is 24.7. The Morgan fingerprint density at radius 3 is 2.21 bits per heavy atom. The van der Waals surface area contributed by atoms with E-state index in [0.29, 0.717) is 17.9 Å². The molecule has 1 aliphatic heterocycles. The van der Waals surface area contributed by atoms with Gasteiger partial charge in [0.05, 0.1) is 0 Å². The van der Waals surface area contributed by atoms with E-state index in [9.17, 15) is 4.79 Å². The highest BCUT2D eigenvalue weighted by Crippen LogP contribution is 2.30. The molecular formula is C15H27ClN2O. The van der Waals surface area contributed by atoms with Crippen molar-refractivity contribution in [2.75, 3.05) is 19.6 Å². The Bertz CT molecular complexity index is 295. The van der Waals surface area contributed by atoms with Crippen molar-refractivity contribution >= 4 is 18.3 Å². The highest BCUT2D eigenvalue weighted by atomic mass is 35.5. The number of hydrogen-bond donors (Lipinski definition) is 1. The number of likely N-dealkylation sites (tertiary alicyclic amines) is 1. The Balaban J connectivity index is 0.00000133. The minimum absolute atomic E-state index is 0. The number of amides is 1. The summed E-state index contributed by atoms with van der Waals surface area (Å²) >= 11 is 0. The van der Waals surface area contributed by atoms with Gasteiger partial charge in [-0.3, -0.25) is 4.79 Å². The first-order valence-electron chi connectivity index (χ1n) is 7.82. The van der Waals surface area contributed by atoms with Gasteiger partial charge in [0.1, 0.15) is 0 Å². The van der Waals surface area contributed by atoms with Gasteiger partial charge in [-0.25, -0.2) is 0 Å². The van der Waals surface area contributed by atoms with Crippen molar-refractivity contribution in [3.05, 3.63) is 0 Å². The highest BCUT2D eigenvalue weighted by molar-refractivity contribution is 5.85. The van der Waals surface area contributed by atoms with Crippen LogP contribution in [0.15, 0.2) is 0 Å². The van der Waals surface area contributed by atoms with Gasteiger partial charge in [0, 0.05) is 25.6 Å². The Labute approximate surface area is 122 Å². The molecule has 1 amide bonds. The van der Waals surface area contributed by atoms with E-state index in [1.807, 2.05) is 0 Å².